The summed E-state index contributed by atoms with van der Waals surface area (Å²) in [5.74, 6) is 2.30. The minimum absolute atomic E-state index is 0.0103. The molecule has 3 fully saturated rings. The minimum Gasteiger partial charge on any atom is -0.392 e. The van der Waals surface area contributed by atoms with Crippen LogP contribution < -0.4 is 0 Å². The van der Waals surface area contributed by atoms with Gasteiger partial charge >= 0.3 is 0 Å². The number of hydrogen-bond acceptors (Lipinski definition) is 3. The molecule has 0 saturated heterocycles. The van der Waals surface area contributed by atoms with Crippen LogP contribution in [0, 0.1) is 34.5 Å². The topological polar surface area (TPSA) is 57.5 Å². The lowest BCUT2D eigenvalue weighted by atomic mass is 9.46. The molecule has 0 aromatic rings. The first-order valence-electron chi connectivity index (χ1n) is 10.0. The summed E-state index contributed by atoms with van der Waals surface area (Å²) in [5.41, 5.74) is 2.57. The molecule has 2 N–H and O–H groups in total. The predicted octanol–water partition coefficient (Wildman–Crippen LogP) is 3.65. The summed E-state index contributed by atoms with van der Waals surface area (Å²) in [6.07, 6.45) is 8.48. The van der Waals surface area contributed by atoms with E-state index in [2.05, 4.69) is 20.4 Å². The highest BCUT2D eigenvalue weighted by molar-refractivity contribution is 5.95. The molecule has 0 amide bonds. The van der Waals surface area contributed by atoms with E-state index in [1.807, 2.05) is 0 Å². The van der Waals surface area contributed by atoms with Gasteiger partial charge in [0.1, 0.15) is 6.10 Å². The number of allylic oxidation sites excluding steroid dienone is 1. The summed E-state index contributed by atoms with van der Waals surface area (Å²) < 4.78 is 0. The summed E-state index contributed by atoms with van der Waals surface area (Å²) >= 11 is 0. The van der Waals surface area contributed by atoms with Crippen LogP contribution in [-0.4, -0.2) is 28.7 Å². The lowest BCUT2D eigenvalue weighted by molar-refractivity contribution is -0.128. The van der Waals surface area contributed by atoms with Crippen LogP contribution in [0.2, 0.25) is 0 Å². The summed E-state index contributed by atoms with van der Waals surface area (Å²) in [5, 5.41) is 19.8. The monoisotopic (exact) mass is 344 g/mol. The Hall–Kier alpha value is -0.930. The first-order valence-corrected chi connectivity index (χ1v) is 10.0. The highest BCUT2D eigenvalue weighted by Crippen LogP contribution is 2.67. The molecule has 0 bridgehead atoms. The van der Waals surface area contributed by atoms with Crippen molar-refractivity contribution in [2.75, 3.05) is 6.61 Å². The molecule has 0 spiro atoms. The standard InChI is InChI=1S/C22H32O3/c1-13(12-23)16-6-7-17-15-5-4-14-10-19(24)20(25)11-22(14,3)18(15)8-9-21(16,17)2/h10,15-18,20,23,25H,1,4-9,11-12H2,2-3H3/t15-,16+,17-,18-,20?,21+,22-/m0/s1. The number of rotatable bonds is 2. The van der Waals surface area contributed by atoms with Crippen molar-refractivity contribution in [1.82, 2.24) is 0 Å². The van der Waals surface area contributed by atoms with Crippen molar-refractivity contribution in [2.24, 2.45) is 34.5 Å². The highest BCUT2D eigenvalue weighted by atomic mass is 16.3. The van der Waals surface area contributed by atoms with Gasteiger partial charge in [-0.1, -0.05) is 26.0 Å². The van der Waals surface area contributed by atoms with Gasteiger partial charge < -0.3 is 10.2 Å². The van der Waals surface area contributed by atoms with Crippen molar-refractivity contribution in [1.29, 1.82) is 0 Å². The zero-order valence-corrected chi connectivity index (χ0v) is 15.6. The Bertz CT molecular complexity index is 635. The van der Waals surface area contributed by atoms with Crippen LogP contribution in [0.3, 0.4) is 0 Å². The third-order valence-corrected chi connectivity index (χ3v) is 8.69. The van der Waals surface area contributed by atoms with Gasteiger partial charge in [-0.15, -0.1) is 0 Å². The molecule has 0 aromatic heterocycles. The molecule has 0 aliphatic heterocycles. The van der Waals surface area contributed by atoms with E-state index >= 15 is 0 Å². The number of aliphatic hydroxyl groups excluding tert-OH is 2. The lowest BCUT2D eigenvalue weighted by Crippen LogP contribution is -2.52. The molecule has 0 radical (unpaired) electrons. The van der Waals surface area contributed by atoms with Crippen molar-refractivity contribution >= 4 is 5.78 Å². The summed E-state index contributed by atoms with van der Waals surface area (Å²) in [7, 11) is 0. The lowest BCUT2D eigenvalue weighted by Gasteiger charge is -2.58. The van der Waals surface area contributed by atoms with Gasteiger partial charge in [0.25, 0.3) is 0 Å². The number of ketones is 1. The van der Waals surface area contributed by atoms with E-state index in [1.165, 1.54) is 31.3 Å². The zero-order chi connectivity index (χ0) is 18.0. The molecule has 4 rings (SSSR count). The first kappa shape index (κ1) is 17.5. The molecule has 3 nitrogen and oxygen atoms in total. The zero-order valence-electron chi connectivity index (χ0n) is 15.6. The molecule has 7 atom stereocenters. The second kappa shape index (κ2) is 5.79. The van der Waals surface area contributed by atoms with Crippen molar-refractivity contribution in [3.05, 3.63) is 23.8 Å². The molecule has 3 heteroatoms. The Kier molecular flexibility index (Phi) is 4.05. The van der Waals surface area contributed by atoms with Gasteiger partial charge in [-0.05, 0) is 91.1 Å². The van der Waals surface area contributed by atoms with E-state index in [0.717, 1.165) is 18.4 Å². The van der Waals surface area contributed by atoms with E-state index < -0.39 is 6.10 Å². The minimum atomic E-state index is -0.814. The van der Waals surface area contributed by atoms with E-state index in [9.17, 15) is 15.0 Å². The average molecular weight is 344 g/mol. The molecule has 4 aliphatic carbocycles. The fourth-order valence-electron chi connectivity index (χ4n) is 7.40. The quantitative estimate of drug-likeness (QED) is 0.752. The van der Waals surface area contributed by atoms with Gasteiger partial charge in [-0.25, -0.2) is 0 Å². The second-order valence-electron chi connectivity index (χ2n) is 9.62. The van der Waals surface area contributed by atoms with Crippen molar-refractivity contribution in [3.8, 4) is 0 Å². The Morgan fingerprint density at radius 2 is 2.00 bits per heavy atom. The normalized spacial score (nSPS) is 49.0. The van der Waals surface area contributed by atoms with Crippen molar-refractivity contribution in [2.45, 2.75) is 64.9 Å². The fourth-order valence-corrected chi connectivity index (χ4v) is 7.40. The van der Waals surface area contributed by atoms with Crippen LogP contribution in [0.15, 0.2) is 23.8 Å². The predicted molar refractivity (Wildman–Crippen MR) is 97.8 cm³/mol. The van der Waals surface area contributed by atoms with E-state index in [-0.39, 0.29) is 23.2 Å². The Morgan fingerprint density at radius 3 is 2.72 bits per heavy atom. The van der Waals surface area contributed by atoms with Crippen molar-refractivity contribution in [3.63, 3.8) is 0 Å². The third-order valence-electron chi connectivity index (χ3n) is 8.69. The highest BCUT2D eigenvalue weighted by Gasteiger charge is 2.59. The summed E-state index contributed by atoms with van der Waals surface area (Å²) in [6, 6.07) is 0. The number of carbonyl (C=O) groups excluding carboxylic acids is 1. The maximum absolute atomic E-state index is 12.0. The Labute approximate surface area is 151 Å². The van der Waals surface area contributed by atoms with Crippen LogP contribution in [0.4, 0.5) is 0 Å². The van der Waals surface area contributed by atoms with Gasteiger partial charge in [-0.3, -0.25) is 4.79 Å². The van der Waals surface area contributed by atoms with Crippen molar-refractivity contribution < 1.29 is 15.0 Å². The smallest absolute Gasteiger partial charge is 0.184 e. The molecule has 138 valence electrons. The molecular weight excluding hydrogens is 312 g/mol. The van der Waals surface area contributed by atoms with Crippen LogP contribution >= 0.6 is 0 Å². The molecule has 3 saturated carbocycles. The van der Waals surface area contributed by atoms with Gasteiger partial charge in [0.2, 0.25) is 0 Å². The number of aliphatic hydroxyl groups is 2. The van der Waals surface area contributed by atoms with E-state index in [0.29, 0.717) is 30.1 Å². The molecule has 25 heavy (non-hydrogen) atoms. The molecule has 4 aliphatic rings. The summed E-state index contributed by atoms with van der Waals surface area (Å²) in [6.45, 7) is 9.00. The molecular formula is C22H32O3. The second-order valence-corrected chi connectivity index (χ2v) is 9.62. The van der Waals surface area contributed by atoms with Crippen LogP contribution in [0.25, 0.3) is 0 Å². The number of carbonyl (C=O) groups is 1. The first-order chi connectivity index (χ1) is 11.8. The van der Waals surface area contributed by atoms with E-state index in [4.69, 9.17) is 0 Å². The summed E-state index contributed by atoms with van der Waals surface area (Å²) in [4.78, 5) is 12.0. The van der Waals surface area contributed by atoms with Crippen LogP contribution in [-0.2, 0) is 4.79 Å². The largest absolute Gasteiger partial charge is 0.392 e. The molecule has 0 heterocycles. The Balaban J connectivity index is 1.65. The molecule has 0 aromatic carbocycles. The Morgan fingerprint density at radius 1 is 1.24 bits per heavy atom. The van der Waals surface area contributed by atoms with Crippen LogP contribution in [0.1, 0.15) is 58.8 Å². The number of hydrogen-bond donors (Lipinski definition) is 2. The average Bonchev–Trinajstić information content (AvgIpc) is 2.93. The fraction of sp³-hybridized carbons (Fsp3) is 0.773. The SMILES string of the molecule is C=C(CO)[C@H]1CC[C@H]2[C@@H]3CCC4=CC(=O)C(O)C[C@]4(C)[C@H]3CC[C@]12C. The van der Waals surface area contributed by atoms with Gasteiger partial charge in [0.05, 0.1) is 6.61 Å². The van der Waals surface area contributed by atoms with Gasteiger partial charge in [-0.2, -0.15) is 0 Å². The van der Waals surface area contributed by atoms with Gasteiger partial charge in [0.15, 0.2) is 5.78 Å². The maximum Gasteiger partial charge on any atom is 0.184 e. The van der Waals surface area contributed by atoms with Crippen LogP contribution in [0.5, 0.6) is 0 Å². The third kappa shape index (κ3) is 2.35. The van der Waals surface area contributed by atoms with Gasteiger partial charge in [0, 0.05) is 0 Å². The number of fused-ring (bicyclic) bond motifs is 5. The van der Waals surface area contributed by atoms with E-state index in [1.54, 1.807) is 6.08 Å². The maximum atomic E-state index is 12.0. The molecule has 1 unspecified atom stereocenters.